The third kappa shape index (κ3) is 6.58. The van der Waals surface area contributed by atoms with Crippen LogP contribution in [0.3, 0.4) is 0 Å². The summed E-state index contributed by atoms with van der Waals surface area (Å²) >= 11 is 3.31. The highest BCUT2D eigenvalue weighted by Gasteiger charge is 2.27. The molecular weight excluding hydrogens is 478 g/mol. The molecule has 3 rings (SSSR count). The first-order valence-electron chi connectivity index (χ1n) is 9.53. The Morgan fingerprint density at radius 3 is 2.29 bits per heavy atom. The summed E-state index contributed by atoms with van der Waals surface area (Å²) in [5, 5.41) is 3.93. The SMILES string of the molecule is Cc1ccc(CN(CC(=O)N/N=C\c2ccccc2)S(=O)(=O)c2ccc(Br)cc2)cc1. The van der Waals surface area contributed by atoms with E-state index in [4.69, 9.17) is 0 Å². The highest BCUT2D eigenvalue weighted by Crippen LogP contribution is 2.21. The fourth-order valence-corrected chi connectivity index (χ4v) is 4.44. The molecule has 0 aliphatic carbocycles. The van der Waals surface area contributed by atoms with E-state index in [0.717, 1.165) is 25.5 Å². The Morgan fingerprint density at radius 1 is 1.00 bits per heavy atom. The Hall–Kier alpha value is -2.81. The fraction of sp³-hybridized carbons (Fsp3) is 0.130. The van der Waals surface area contributed by atoms with Gasteiger partial charge in [-0.15, -0.1) is 0 Å². The number of hydrogen-bond acceptors (Lipinski definition) is 4. The van der Waals surface area contributed by atoms with E-state index in [1.165, 1.54) is 18.3 Å². The molecule has 3 aromatic carbocycles. The minimum atomic E-state index is -3.90. The van der Waals surface area contributed by atoms with Crippen LogP contribution in [0.5, 0.6) is 0 Å². The third-order valence-electron chi connectivity index (χ3n) is 4.45. The number of amides is 1. The minimum Gasteiger partial charge on any atom is -0.272 e. The van der Waals surface area contributed by atoms with Crippen LogP contribution in [0.25, 0.3) is 0 Å². The van der Waals surface area contributed by atoms with Crippen molar-refractivity contribution in [3.05, 3.63) is 100 Å². The Bertz CT molecular complexity index is 1150. The van der Waals surface area contributed by atoms with E-state index in [0.29, 0.717) is 0 Å². The lowest BCUT2D eigenvalue weighted by Crippen LogP contribution is -2.39. The molecule has 1 N–H and O–H groups in total. The number of carbonyl (C=O) groups is 1. The second-order valence-corrected chi connectivity index (χ2v) is 9.77. The quantitative estimate of drug-likeness (QED) is 0.374. The molecule has 160 valence electrons. The Labute approximate surface area is 190 Å². The van der Waals surface area contributed by atoms with E-state index >= 15 is 0 Å². The zero-order valence-corrected chi connectivity index (χ0v) is 19.3. The number of benzene rings is 3. The molecule has 0 spiro atoms. The fourth-order valence-electron chi connectivity index (χ4n) is 2.79. The summed E-state index contributed by atoms with van der Waals surface area (Å²) in [5.41, 5.74) is 5.08. The number of sulfonamides is 1. The van der Waals surface area contributed by atoms with E-state index in [9.17, 15) is 13.2 Å². The maximum atomic E-state index is 13.2. The van der Waals surface area contributed by atoms with E-state index in [-0.39, 0.29) is 18.0 Å². The zero-order chi connectivity index (χ0) is 22.3. The number of nitrogens with one attached hydrogen (secondary N) is 1. The molecule has 31 heavy (non-hydrogen) atoms. The highest BCUT2D eigenvalue weighted by molar-refractivity contribution is 9.10. The van der Waals surface area contributed by atoms with Gasteiger partial charge in [0.15, 0.2) is 0 Å². The van der Waals surface area contributed by atoms with Gasteiger partial charge in [0.25, 0.3) is 5.91 Å². The van der Waals surface area contributed by atoms with E-state index in [1.54, 1.807) is 12.1 Å². The first-order valence-corrected chi connectivity index (χ1v) is 11.8. The van der Waals surface area contributed by atoms with Gasteiger partial charge in [0.1, 0.15) is 0 Å². The Balaban J connectivity index is 1.79. The van der Waals surface area contributed by atoms with Crippen molar-refractivity contribution in [2.45, 2.75) is 18.4 Å². The minimum absolute atomic E-state index is 0.0640. The Morgan fingerprint density at radius 2 is 1.65 bits per heavy atom. The highest BCUT2D eigenvalue weighted by atomic mass is 79.9. The third-order valence-corrected chi connectivity index (χ3v) is 6.79. The van der Waals surface area contributed by atoms with Gasteiger partial charge in [0.05, 0.1) is 17.7 Å². The van der Waals surface area contributed by atoms with Crippen LogP contribution in [0.4, 0.5) is 0 Å². The molecule has 0 heterocycles. The van der Waals surface area contributed by atoms with Crippen LogP contribution < -0.4 is 5.43 Å². The maximum absolute atomic E-state index is 13.2. The van der Waals surface area contributed by atoms with Gasteiger partial charge in [-0.05, 0) is 42.3 Å². The smallest absolute Gasteiger partial charge is 0.255 e. The molecule has 6 nitrogen and oxygen atoms in total. The van der Waals surface area contributed by atoms with Crippen LogP contribution >= 0.6 is 15.9 Å². The molecule has 3 aromatic rings. The van der Waals surface area contributed by atoms with Gasteiger partial charge in [0.2, 0.25) is 10.0 Å². The number of aryl methyl sites for hydroxylation is 1. The summed E-state index contributed by atoms with van der Waals surface area (Å²) in [5.74, 6) is -0.528. The number of hydrazone groups is 1. The van der Waals surface area contributed by atoms with E-state index in [1.807, 2.05) is 61.5 Å². The summed E-state index contributed by atoms with van der Waals surface area (Å²) in [6, 6.07) is 23.1. The van der Waals surface area contributed by atoms with Gasteiger partial charge in [-0.2, -0.15) is 9.41 Å². The molecule has 1 amide bonds. The summed E-state index contributed by atoms with van der Waals surface area (Å²) in [4.78, 5) is 12.6. The molecule has 8 heteroatoms. The summed E-state index contributed by atoms with van der Waals surface area (Å²) in [6.45, 7) is 1.66. The molecule has 0 fully saturated rings. The van der Waals surface area contributed by atoms with Crippen molar-refractivity contribution in [1.29, 1.82) is 0 Å². The summed E-state index contributed by atoms with van der Waals surface area (Å²) in [6.07, 6.45) is 1.51. The number of carbonyl (C=O) groups excluding carboxylic acids is 1. The molecule has 0 saturated heterocycles. The topological polar surface area (TPSA) is 78.8 Å². The average molecular weight is 500 g/mol. The zero-order valence-electron chi connectivity index (χ0n) is 16.9. The molecule has 0 aromatic heterocycles. The molecule has 0 unspecified atom stereocenters. The van der Waals surface area contributed by atoms with Crippen molar-refractivity contribution in [3.8, 4) is 0 Å². The van der Waals surface area contributed by atoms with Crippen molar-refractivity contribution >= 4 is 38.1 Å². The molecule has 0 radical (unpaired) electrons. The standard InChI is InChI=1S/C23H22BrN3O3S/c1-18-7-9-20(10-8-18)16-27(31(29,30)22-13-11-21(24)12-14-22)17-23(28)26-25-15-19-5-3-2-4-6-19/h2-15H,16-17H2,1H3,(H,26,28)/b25-15-. The lowest BCUT2D eigenvalue weighted by molar-refractivity contribution is -0.121. The molecular formula is C23H22BrN3O3S. The molecule has 0 saturated carbocycles. The predicted molar refractivity (Wildman–Crippen MR) is 125 cm³/mol. The van der Waals surface area contributed by atoms with E-state index < -0.39 is 15.9 Å². The van der Waals surface area contributed by atoms with Crippen molar-refractivity contribution < 1.29 is 13.2 Å². The number of hydrogen-bond donors (Lipinski definition) is 1. The number of rotatable bonds is 8. The lowest BCUT2D eigenvalue weighted by atomic mass is 10.1. The van der Waals surface area contributed by atoms with Crippen LogP contribution in [0.1, 0.15) is 16.7 Å². The van der Waals surface area contributed by atoms with Crippen molar-refractivity contribution in [1.82, 2.24) is 9.73 Å². The predicted octanol–water partition coefficient (Wildman–Crippen LogP) is 4.10. The second-order valence-electron chi connectivity index (χ2n) is 6.92. The lowest BCUT2D eigenvalue weighted by Gasteiger charge is -2.21. The first-order chi connectivity index (χ1) is 14.8. The van der Waals surface area contributed by atoms with Gasteiger partial charge < -0.3 is 0 Å². The van der Waals surface area contributed by atoms with Gasteiger partial charge >= 0.3 is 0 Å². The van der Waals surface area contributed by atoms with Crippen molar-refractivity contribution in [2.24, 2.45) is 5.10 Å². The van der Waals surface area contributed by atoms with E-state index in [2.05, 4.69) is 26.5 Å². The molecule has 0 bridgehead atoms. The summed E-state index contributed by atoms with van der Waals surface area (Å²) in [7, 11) is -3.90. The summed E-state index contributed by atoms with van der Waals surface area (Å²) < 4.78 is 28.4. The number of halogens is 1. The number of nitrogens with zero attached hydrogens (tertiary/aromatic N) is 2. The maximum Gasteiger partial charge on any atom is 0.255 e. The van der Waals surface area contributed by atoms with Gasteiger partial charge in [-0.25, -0.2) is 13.8 Å². The van der Waals surface area contributed by atoms with Crippen LogP contribution in [0, 0.1) is 6.92 Å². The molecule has 0 aliphatic heterocycles. The van der Waals surface area contributed by atoms with Crippen molar-refractivity contribution in [2.75, 3.05) is 6.54 Å². The molecule has 0 atom stereocenters. The normalized spacial score (nSPS) is 11.7. The molecule has 0 aliphatic rings. The largest absolute Gasteiger partial charge is 0.272 e. The van der Waals surface area contributed by atoms with Gasteiger partial charge in [0, 0.05) is 11.0 Å². The van der Waals surface area contributed by atoms with Crippen LogP contribution in [0.15, 0.2) is 93.3 Å². The van der Waals surface area contributed by atoms with Crippen LogP contribution in [-0.4, -0.2) is 31.4 Å². The first kappa shape index (κ1) is 22.9. The van der Waals surface area contributed by atoms with Crippen LogP contribution in [-0.2, 0) is 21.4 Å². The average Bonchev–Trinajstić information content (AvgIpc) is 2.76. The van der Waals surface area contributed by atoms with Crippen LogP contribution in [0.2, 0.25) is 0 Å². The monoisotopic (exact) mass is 499 g/mol. The Kier molecular flexibility index (Phi) is 7.73. The van der Waals surface area contributed by atoms with Crippen molar-refractivity contribution in [3.63, 3.8) is 0 Å². The van der Waals surface area contributed by atoms with Gasteiger partial charge in [-0.1, -0.05) is 76.1 Å². The van der Waals surface area contributed by atoms with Gasteiger partial charge in [-0.3, -0.25) is 4.79 Å². The second kappa shape index (κ2) is 10.5.